The van der Waals surface area contributed by atoms with Crippen LogP contribution in [0.3, 0.4) is 0 Å². The third-order valence-electron chi connectivity index (χ3n) is 2.22. The maximum atomic E-state index is 9.44. The number of hydrogen-bond acceptors (Lipinski definition) is 4. The number of rotatable bonds is 6. The molecule has 0 fully saturated rings. The van der Waals surface area contributed by atoms with Crippen LogP contribution in [0.2, 0.25) is 5.02 Å². The van der Waals surface area contributed by atoms with Gasteiger partial charge in [0.05, 0.1) is 16.7 Å². The number of pyridine rings is 1. The minimum absolute atomic E-state index is 0.103. The topological polar surface area (TPSA) is 45.1 Å². The average Bonchev–Trinajstić information content (AvgIpc) is 2.27. The molecule has 5 heteroatoms. The Morgan fingerprint density at radius 2 is 2.24 bits per heavy atom. The van der Waals surface area contributed by atoms with Crippen LogP contribution in [-0.4, -0.2) is 34.0 Å². The number of nitrogens with one attached hydrogen (secondary N) is 1. The highest BCUT2D eigenvalue weighted by atomic mass is 35.5. The van der Waals surface area contributed by atoms with E-state index in [0.717, 1.165) is 10.8 Å². The normalized spacial score (nSPS) is 14.9. The van der Waals surface area contributed by atoms with Gasteiger partial charge in [0.25, 0.3) is 0 Å². The van der Waals surface area contributed by atoms with Crippen molar-refractivity contribution < 1.29 is 5.11 Å². The molecule has 2 N–H and O–H groups in total. The first-order valence-electron chi connectivity index (χ1n) is 5.58. The zero-order valence-corrected chi connectivity index (χ0v) is 12.0. The Bertz CT molecular complexity index is 345. The van der Waals surface area contributed by atoms with Crippen molar-refractivity contribution in [3.8, 4) is 0 Å². The van der Waals surface area contributed by atoms with Crippen molar-refractivity contribution in [1.82, 2.24) is 10.3 Å². The van der Waals surface area contributed by atoms with Gasteiger partial charge in [-0.2, -0.15) is 0 Å². The standard InChI is InChI=1S/C12H19ClN2OS/c1-9(2)15-12(3,7-16)8-17-11-5-4-10(13)6-14-11/h4-6,9,15-16H,7-8H2,1-3H3. The first-order valence-corrected chi connectivity index (χ1v) is 6.94. The highest BCUT2D eigenvalue weighted by Crippen LogP contribution is 2.22. The molecule has 0 spiro atoms. The molecule has 0 aliphatic carbocycles. The third kappa shape index (κ3) is 5.25. The van der Waals surface area contributed by atoms with Crippen molar-refractivity contribution in [2.24, 2.45) is 0 Å². The molecule has 17 heavy (non-hydrogen) atoms. The first kappa shape index (κ1) is 14.8. The fourth-order valence-corrected chi connectivity index (χ4v) is 2.56. The van der Waals surface area contributed by atoms with Gasteiger partial charge in [-0.1, -0.05) is 25.4 Å². The summed E-state index contributed by atoms with van der Waals surface area (Å²) >= 11 is 7.38. The molecule has 1 rings (SSSR count). The van der Waals surface area contributed by atoms with Crippen LogP contribution in [0.4, 0.5) is 0 Å². The van der Waals surface area contributed by atoms with Crippen LogP contribution in [-0.2, 0) is 0 Å². The number of thioether (sulfide) groups is 1. The van der Waals surface area contributed by atoms with E-state index in [-0.39, 0.29) is 12.1 Å². The van der Waals surface area contributed by atoms with Crippen LogP contribution in [0.1, 0.15) is 20.8 Å². The second-order valence-electron chi connectivity index (χ2n) is 4.62. The summed E-state index contributed by atoms with van der Waals surface area (Å²) in [6.07, 6.45) is 1.63. The lowest BCUT2D eigenvalue weighted by Crippen LogP contribution is -2.51. The molecule has 1 aromatic heterocycles. The summed E-state index contributed by atoms with van der Waals surface area (Å²) in [7, 11) is 0. The van der Waals surface area contributed by atoms with Gasteiger partial charge in [0.2, 0.25) is 0 Å². The van der Waals surface area contributed by atoms with Gasteiger partial charge in [0, 0.05) is 23.5 Å². The van der Waals surface area contributed by atoms with Gasteiger partial charge < -0.3 is 10.4 Å². The van der Waals surface area contributed by atoms with Gasteiger partial charge >= 0.3 is 0 Å². The van der Waals surface area contributed by atoms with Crippen LogP contribution >= 0.6 is 23.4 Å². The molecule has 0 aliphatic heterocycles. The fourth-order valence-electron chi connectivity index (χ4n) is 1.51. The third-order valence-corrected chi connectivity index (χ3v) is 3.77. The second-order valence-corrected chi connectivity index (χ2v) is 6.05. The minimum atomic E-state index is -0.292. The van der Waals surface area contributed by atoms with Gasteiger partial charge in [-0.15, -0.1) is 11.8 Å². The predicted molar refractivity (Wildman–Crippen MR) is 73.7 cm³/mol. The predicted octanol–water partition coefficient (Wildman–Crippen LogP) is 2.58. The van der Waals surface area contributed by atoms with E-state index in [1.807, 2.05) is 19.1 Å². The van der Waals surface area contributed by atoms with Crippen molar-refractivity contribution in [2.45, 2.75) is 37.4 Å². The Morgan fingerprint density at radius 1 is 1.53 bits per heavy atom. The molecular formula is C12H19ClN2OS. The van der Waals surface area contributed by atoms with Crippen molar-refractivity contribution in [2.75, 3.05) is 12.4 Å². The molecule has 96 valence electrons. The van der Waals surface area contributed by atoms with E-state index in [2.05, 4.69) is 24.1 Å². The number of aliphatic hydroxyl groups is 1. The lowest BCUT2D eigenvalue weighted by Gasteiger charge is -2.30. The van der Waals surface area contributed by atoms with Crippen LogP contribution in [0.15, 0.2) is 23.4 Å². The van der Waals surface area contributed by atoms with Crippen molar-refractivity contribution in [3.05, 3.63) is 23.4 Å². The Balaban J connectivity index is 2.55. The Hall–Kier alpha value is -0.290. The largest absolute Gasteiger partial charge is 0.394 e. The molecule has 1 atom stereocenters. The number of aromatic nitrogens is 1. The number of hydrogen-bond donors (Lipinski definition) is 2. The van der Waals surface area contributed by atoms with Crippen molar-refractivity contribution in [1.29, 1.82) is 0 Å². The molecule has 1 aromatic rings. The highest BCUT2D eigenvalue weighted by molar-refractivity contribution is 7.99. The Labute approximate surface area is 112 Å². The van der Waals surface area contributed by atoms with Gasteiger partial charge in [-0.3, -0.25) is 0 Å². The summed E-state index contributed by atoms with van der Waals surface area (Å²) in [4.78, 5) is 4.22. The highest BCUT2D eigenvalue weighted by Gasteiger charge is 2.24. The zero-order valence-electron chi connectivity index (χ0n) is 10.4. The summed E-state index contributed by atoms with van der Waals surface area (Å²) < 4.78 is 0. The van der Waals surface area contributed by atoms with E-state index in [0.29, 0.717) is 11.1 Å². The molecule has 0 aromatic carbocycles. The van der Waals surface area contributed by atoms with Gasteiger partial charge in [0.15, 0.2) is 0 Å². The summed E-state index contributed by atoms with van der Waals surface area (Å²) in [5.74, 6) is 0.760. The second kappa shape index (κ2) is 6.59. The molecule has 0 aliphatic rings. The maximum absolute atomic E-state index is 9.44. The molecule has 0 saturated carbocycles. The SMILES string of the molecule is CC(C)NC(C)(CO)CSc1ccc(Cl)cn1. The number of nitrogens with zero attached hydrogens (tertiary/aromatic N) is 1. The Morgan fingerprint density at radius 3 is 2.71 bits per heavy atom. The quantitative estimate of drug-likeness (QED) is 0.783. The summed E-state index contributed by atoms with van der Waals surface area (Å²) in [6, 6.07) is 4.05. The summed E-state index contributed by atoms with van der Waals surface area (Å²) in [5.41, 5.74) is -0.292. The van der Waals surface area contributed by atoms with E-state index < -0.39 is 0 Å². The number of halogens is 1. The van der Waals surface area contributed by atoms with E-state index in [1.165, 1.54) is 0 Å². The van der Waals surface area contributed by atoms with E-state index in [9.17, 15) is 5.11 Å². The molecule has 0 amide bonds. The lowest BCUT2D eigenvalue weighted by atomic mass is 10.1. The summed E-state index contributed by atoms with van der Waals surface area (Å²) in [6.45, 7) is 6.25. The van der Waals surface area contributed by atoms with E-state index in [1.54, 1.807) is 18.0 Å². The minimum Gasteiger partial charge on any atom is -0.394 e. The van der Waals surface area contributed by atoms with Crippen LogP contribution < -0.4 is 5.32 Å². The fraction of sp³-hybridized carbons (Fsp3) is 0.583. The van der Waals surface area contributed by atoms with Gasteiger partial charge in [-0.05, 0) is 19.1 Å². The molecule has 0 radical (unpaired) electrons. The van der Waals surface area contributed by atoms with Crippen LogP contribution in [0.5, 0.6) is 0 Å². The number of aliphatic hydroxyl groups excluding tert-OH is 1. The van der Waals surface area contributed by atoms with Crippen LogP contribution in [0, 0.1) is 0 Å². The molecular weight excluding hydrogens is 256 g/mol. The van der Waals surface area contributed by atoms with Gasteiger partial charge in [-0.25, -0.2) is 4.98 Å². The molecule has 1 unspecified atom stereocenters. The van der Waals surface area contributed by atoms with E-state index >= 15 is 0 Å². The van der Waals surface area contributed by atoms with Crippen molar-refractivity contribution in [3.63, 3.8) is 0 Å². The molecule has 0 bridgehead atoms. The van der Waals surface area contributed by atoms with Gasteiger partial charge in [0.1, 0.15) is 0 Å². The first-order chi connectivity index (χ1) is 7.95. The molecule has 0 saturated heterocycles. The Kier molecular flexibility index (Phi) is 5.73. The molecule has 3 nitrogen and oxygen atoms in total. The summed E-state index contributed by atoms with van der Waals surface area (Å²) in [5, 5.41) is 14.4. The van der Waals surface area contributed by atoms with Crippen LogP contribution in [0.25, 0.3) is 0 Å². The molecule has 1 heterocycles. The maximum Gasteiger partial charge on any atom is 0.0961 e. The zero-order chi connectivity index (χ0) is 12.9. The van der Waals surface area contributed by atoms with Crippen molar-refractivity contribution >= 4 is 23.4 Å². The average molecular weight is 275 g/mol. The van der Waals surface area contributed by atoms with E-state index in [4.69, 9.17) is 11.6 Å². The monoisotopic (exact) mass is 274 g/mol. The lowest BCUT2D eigenvalue weighted by molar-refractivity contribution is 0.183. The smallest absolute Gasteiger partial charge is 0.0961 e.